The van der Waals surface area contributed by atoms with E-state index < -0.39 is 12.2 Å². The largest absolute Gasteiger partial charge is 0.373 e. The number of alkyl halides is 2. The number of rotatable bonds is 2. The Balaban J connectivity index is 3.06. The van der Waals surface area contributed by atoms with Gasteiger partial charge in [-0.25, -0.2) is 18.7 Å². The van der Waals surface area contributed by atoms with E-state index in [1.807, 2.05) is 0 Å². The summed E-state index contributed by atoms with van der Waals surface area (Å²) in [6.45, 7) is 0. The van der Waals surface area contributed by atoms with Crippen molar-refractivity contribution >= 4 is 17.4 Å². The fourth-order valence-electron chi connectivity index (χ4n) is 0.661. The molecule has 0 aromatic carbocycles. The molecule has 0 aliphatic heterocycles. The maximum Gasteiger partial charge on any atom is 0.297 e. The molecule has 0 spiro atoms. The molecule has 6 heteroatoms. The van der Waals surface area contributed by atoms with Crippen molar-refractivity contribution in [1.29, 1.82) is 0 Å². The van der Waals surface area contributed by atoms with Crippen LogP contribution in [0.2, 0.25) is 5.15 Å². The Hall–Kier alpha value is -0.970. The molecule has 0 radical (unpaired) electrons. The first-order chi connectivity index (χ1) is 5.63. The standard InChI is InChI=1S/C6H6ClF2N3/c1-10-4-2-3(7)11-6(12-4)5(8)9/h2,5H,1H3,(H,10,11,12). The Morgan fingerprint density at radius 2 is 2.17 bits per heavy atom. The van der Waals surface area contributed by atoms with Crippen molar-refractivity contribution in [2.75, 3.05) is 12.4 Å². The lowest BCUT2D eigenvalue weighted by molar-refractivity contribution is 0.140. The third-order valence-electron chi connectivity index (χ3n) is 1.16. The van der Waals surface area contributed by atoms with Crippen LogP contribution in [0, 0.1) is 0 Å². The first-order valence-electron chi connectivity index (χ1n) is 3.14. The highest BCUT2D eigenvalue weighted by Gasteiger charge is 2.12. The summed E-state index contributed by atoms with van der Waals surface area (Å²) in [6, 6.07) is 1.37. The second-order valence-corrected chi connectivity index (χ2v) is 2.37. The van der Waals surface area contributed by atoms with Crippen LogP contribution in [0.4, 0.5) is 14.6 Å². The van der Waals surface area contributed by atoms with Gasteiger partial charge >= 0.3 is 0 Å². The lowest BCUT2D eigenvalue weighted by atomic mass is 10.5. The molecule has 1 aromatic heterocycles. The van der Waals surface area contributed by atoms with Gasteiger partial charge in [-0.05, 0) is 0 Å². The monoisotopic (exact) mass is 193 g/mol. The number of aromatic nitrogens is 2. The number of halogens is 3. The first kappa shape index (κ1) is 9.12. The Labute approximate surface area is 72.8 Å². The molecule has 1 heterocycles. The molecule has 1 aromatic rings. The molecule has 0 saturated carbocycles. The molecule has 0 fully saturated rings. The molecule has 0 amide bonds. The van der Waals surface area contributed by atoms with E-state index in [1.165, 1.54) is 6.07 Å². The van der Waals surface area contributed by atoms with E-state index >= 15 is 0 Å². The van der Waals surface area contributed by atoms with Crippen LogP contribution in [0.1, 0.15) is 12.2 Å². The summed E-state index contributed by atoms with van der Waals surface area (Å²) < 4.78 is 24.1. The van der Waals surface area contributed by atoms with Crippen molar-refractivity contribution < 1.29 is 8.78 Å². The van der Waals surface area contributed by atoms with Crippen molar-refractivity contribution in [3.63, 3.8) is 0 Å². The number of anilines is 1. The van der Waals surface area contributed by atoms with Crippen LogP contribution in [0.3, 0.4) is 0 Å². The summed E-state index contributed by atoms with van der Waals surface area (Å²) in [7, 11) is 1.56. The molecule has 1 rings (SSSR count). The normalized spacial score (nSPS) is 10.4. The molecule has 3 nitrogen and oxygen atoms in total. The number of hydrogen-bond donors (Lipinski definition) is 1. The average molecular weight is 194 g/mol. The highest BCUT2D eigenvalue weighted by atomic mass is 35.5. The zero-order valence-electron chi connectivity index (χ0n) is 6.18. The highest BCUT2D eigenvalue weighted by molar-refractivity contribution is 6.29. The van der Waals surface area contributed by atoms with Gasteiger partial charge in [-0.2, -0.15) is 0 Å². The first-order valence-corrected chi connectivity index (χ1v) is 3.51. The number of hydrogen-bond acceptors (Lipinski definition) is 3. The van der Waals surface area contributed by atoms with Gasteiger partial charge in [0, 0.05) is 13.1 Å². The van der Waals surface area contributed by atoms with Gasteiger partial charge in [0.2, 0.25) is 0 Å². The molecule has 12 heavy (non-hydrogen) atoms. The molecule has 0 aliphatic carbocycles. The number of nitrogens with one attached hydrogen (secondary N) is 1. The molecule has 0 bridgehead atoms. The maximum absolute atomic E-state index is 12.1. The van der Waals surface area contributed by atoms with Gasteiger partial charge in [0.05, 0.1) is 0 Å². The van der Waals surface area contributed by atoms with Crippen molar-refractivity contribution in [2.45, 2.75) is 6.43 Å². The van der Waals surface area contributed by atoms with E-state index in [2.05, 4.69) is 15.3 Å². The Kier molecular flexibility index (Phi) is 2.75. The van der Waals surface area contributed by atoms with Crippen LogP contribution in [-0.4, -0.2) is 17.0 Å². The van der Waals surface area contributed by atoms with E-state index in [-0.39, 0.29) is 11.0 Å². The topological polar surface area (TPSA) is 37.8 Å². The van der Waals surface area contributed by atoms with Gasteiger partial charge < -0.3 is 5.32 Å². The van der Waals surface area contributed by atoms with Crippen LogP contribution < -0.4 is 5.32 Å². The zero-order chi connectivity index (χ0) is 9.14. The summed E-state index contributed by atoms with van der Waals surface area (Å²) in [5, 5.41) is 2.60. The van der Waals surface area contributed by atoms with Crippen LogP contribution in [-0.2, 0) is 0 Å². The third-order valence-corrected chi connectivity index (χ3v) is 1.36. The van der Waals surface area contributed by atoms with Crippen molar-refractivity contribution in [3.05, 3.63) is 17.0 Å². The summed E-state index contributed by atoms with van der Waals surface area (Å²) >= 11 is 5.45. The van der Waals surface area contributed by atoms with Gasteiger partial charge in [-0.3, -0.25) is 0 Å². The summed E-state index contributed by atoms with van der Waals surface area (Å²) in [5.74, 6) is -0.280. The molecule has 0 saturated heterocycles. The fraction of sp³-hybridized carbons (Fsp3) is 0.333. The van der Waals surface area contributed by atoms with Gasteiger partial charge in [0.1, 0.15) is 11.0 Å². The highest BCUT2D eigenvalue weighted by Crippen LogP contribution is 2.18. The van der Waals surface area contributed by atoms with Crippen LogP contribution in [0.25, 0.3) is 0 Å². The molecule has 66 valence electrons. The van der Waals surface area contributed by atoms with Crippen molar-refractivity contribution in [3.8, 4) is 0 Å². The summed E-state index contributed by atoms with van der Waals surface area (Å²) in [6.07, 6.45) is -2.70. The maximum atomic E-state index is 12.1. The minimum atomic E-state index is -2.70. The van der Waals surface area contributed by atoms with E-state index in [0.29, 0.717) is 0 Å². The third kappa shape index (κ3) is 2.01. The molecule has 1 N–H and O–H groups in total. The summed E-state index contributed by atoms with van der Waals surface area (Å²) in [5.41, 5.74) is 0. The van der Waals surface area contributed by atoms with Gasteiger partial charge in [0.25, 0.3) is 6.43 Å². The molecule has 0 atom stereocenters. The average Bonchev–Trinajstić information content (AvgIpc) is 2.03. The molecular formula is C6H6ClF2N3. The molecular weight excluding hydrogens is 188 g/mol. The van der Waals surface area contributed by atoms with Gasteiger partial charge in [-0.1, -0.05) is 11.6 Å². The van der Waals surface area contributed by atoms with Gasteiger partial charge in [0.15, 0.2) is 5.82 Å². The predicted molar refractivity (Wildman–Crippen MR) is 41.5 cm³/mol. The van der Waals surface area contributed by atoms with E-state index in [9.17, 15) is 8.78 Å². The van der Waals surface area contributed by atoms with Crippen molar-refractivity contribution in [2.24, 2.45) is 0 Å². The zero-order valence-corrected chi connectivity index (χ0v) is 6.94. The minimum absolute atomic E-state index is 0.00431. The van der Waals surface area contributed by atoms with Gasteiger partial charge in [-0.15, -0.1) is 0 Å². The second-order valence-electron chi connectivity index (χ2n) is 1.98. The second kappa shape index (κ2) is 3.62. The molecule has 0 unspecified atom stereocenters. The van der Waals surface area contributed by atoms with E-state index in [4.69, 9.17) is 11.6 Å². The fourth-order valence-corrected chi connectivity index (χ4v) is 0.851. The number of nitrogens with zero attached hydrogens (tertiary/aromatic N) is 2. The smallest absolute Gasteiger partial charge is 0.297 e. The Bertz CT molecular complexity index is 279. The lowest BCUT2D eigenvalue weighted by Gasteiger charge is -2.02. The SMILES string of the molecule is CNc1cc(Cl)nc(C(F)F)n1. The predicted octanol–water partition coefficient (Wildman–Crippen LogP) is 2.11. The van der Waals surface area contributed by atoms with E-state index in [0.717, 1.165) is 0 Å². The minimum Gasteiger partial charge on any atom is -0.373 e. The van der Waals surface area contributed by atoms with Crippen LogP contribution >= 0.6 is 11.6 Å². The van der Waals surface area contributed by atoms with Crippen LogP contribution in [0.5, 0.6) is 0 Å². The Morgan fingerprint density at radius 1 is 1.50 bits per heavy atom. The quantitative estimate of drug-likeness (QED) is 0.731. The van der Waals surface area contributed by atoms with E-state index in [1.54, 1.807) is 7.05 Å². The van der Waals surface area contributed by atoms with Crippen molar-refractivity contribution in [1.82, 2.24) is 9.97 Å². The summed E-state index contributed by atoms with van der Waals surface area (Å²) in [4.78, 5) is 6.84. The Morgan fingerprint density at radius 3 is 2.67 bits per heavy atom. The van der Waals surface area contributed by atoms with Crippen LogP contribution in [0.15, 0.2) is 6.07 Å². The molecule has 0 aliphatic rings. The lowest BCUT2D eigenvalue weighted by Crippen LogP contribution is -2.00.